The average Bonchev–Trinajstić information content (AvgIpc) is 2.53. The minimum Gasteiger partial charge on any atom is -0.438 e. The normalized spacial score (nSPS) is 11.3. The molecular formula is C17H13NO2S. The van der Waals surface area contributed by atoms with E-state index in [4.69, 9.17) is 4.42 Å². The molecule has 0 aliphatic rings. The Morgan fingerprint density at radius 2 is 1.81 bits per heavy atom. The summed E-state index contributed by atoms with van der Waals surface area (Å²) in [7, 11) is 0. The van der Waals surface area contributed by atoms with Crippen LogP contribution in [-0.2, 0) is 0 Å². The third kappa shape index (κ3) is 3.06. The van der Waals surface area contributed by atoms with Gasteiger partial charge in [-0.1, -0.05) is 24.3 Å². The summed E-state index contributed by atoms with van der Waals surface area (Å²) in [6.07, 6.45) is 5.63. The lowest BCUT2D eigenvalue weighted by Crippen LogP contribution is -2.06. The van der Waals surface area contributed by atoms with Crippen molar-refractivity contribution in [1.82, 2.24) is 4.98 Å². The summed E-state index contributed by atoms with van der Waals surface area (Å²) in [6, 6.07) is 15.2. The van der Waals surface area contributed by atoms with E-state index in [0.29, 0.717) is 16.9 Å². The number of benzene rings is 2. The van der Waals surface area contributed by atoms with Gasteiger partial charge in [-0.15, -0.1) is 11.8 Å². The molecule has 0 saturated heterocycles. The van der Waals surface area contributed by atoms with Gasteiger partial charge in [-0.05, 0) is 42.2 Å². The topological polar surface area (TPSA) is 43.1 Å². The van der Waals surface area contributed by atoms with Crippen LogP contribution >= 0.6 is 11.8 Å². The molecule has 0 aliphatic carbocycles. The third-order valence-corrected chi connectivity index (χ3v) is 3.82. The van der Waals surface area contributed by atoms with Crippen LogP contribution in [0.2, 0.25) is 0 Å². The van der Waals surface area contributed by atoms with E-state index in [-0.39, 0.29) is 5.56 Å². The minimum atomic E-state index is -0.269. The molecule has 1 heterocycles. The fourth-order valence-corrected chi connectivity index (χ4v) is 2.39. The lowest BCUT2D eigenvalue weighted by Gasteiger charge is -1.98. The maximum absolute atomic E-state index is 11.9. The zero-order chi connectivity index (χ0) is 14.7. The van der Waals surface area contributed by atoms with Gasteiger partial charge in [0.25, 0.3) is 5.56 Å². The molecule has 0 saturated carbocycles. The molecule has 0 radical (unpaired) electrons. The van der Waals surface area contributed by atoms with Crippen LogP contribution in [0.1, 0.15) is 11.5 Å². The number of hydrogen-bond acceptors (Lipinski definition) is 4. The van der Waals surface area contributed by atoms with E-state index in [9.17, 15) is 4.79 Å². The van der Waals surface area contributed by atoms with Crippen LogP contribution in [0.4, 0.5) is 0 Å². The lowest BCUT2D eigenvalue weighted by molar-refractivity contribution is 0.563. The molecule has 0 atom stereocenters. The molecule has 0 unspecified atom stereocenters. The number of fused-ring (bicyclic) bond motifs is 1. The highest BCUT2D eigenvalue weighted by Crippen LogP contribution is 2.16. The maximum Gasteiger partial charge on any atom is 0.284 e. The fraction of sp³-hybridized carbons (Fsp3) is 0.0588. The first kappa shape index (κ1) is 13.6. The van der Waals surface area contributed by atoms with Gasteiger partial charge in [0.1, 0.15) is 5.58 Å². The SMILES string of the molecule is CSc1ccc(/C=C/c2nc(=O)c3ccccc3o2)cc1. The van der Waals surface area contributed by atoms with Gasteiger partial charge in [-0.2, -0.15) is 4.98 Å². The van der Waals surface area contributed by atoms with Gasteiger partial charge < -0.3 is 4.42 Å². The third-order valence-electron chi connectivity index (χ3n) is 3.08. The second-order valence-corrected chi connectivity index (χ2v) is 5.34. The zero-order valence-electron chi connectivity index (χ0n) is 11.4. The Kier molecular flexibility index (Phi) is 3.88. The van der Waals surface area contributed by atoms with Crippen LogP contribution in [0.3, 0.4) is 0 Å². The number of thioether (sulfide) groups is 1. The van der Waals surface area contributed by atoms with Crippen molar-refractivity contribution >= 4 is 34.9 Å². The molecule has 0 bridgehead atoms. The predicted molar refractivity (Wildman–Crippen MR) is 87.4 cm³/mol. The van der Waals surface area contributed by atoms with Gasteiger partial charge in [-0.3, -0.25) is 4.79 Å². The van der Waals surface area contributed by atoms with Gasteiger partial charge in [0.15, 0.2) is 0 Å². The molecule has 21 heavy (non-hydrogen) atoms. The van der Waals surface area contributed by atoms with E-state index in [2.05, 4.69) is 4.98 Å². The Morgan fingerprint density at radius 1 is 1.05 bits per heavy atom. The minimum absolute atomic E-state index is 0.269. The summed E-state index contributed by atoms with van der Waals surface area (Å²) in [5, 5.41) is 0.499. The summed E-state index contributed by atoms with van der Waals surface area (Å²) < 4.78 is 5.61. The van der Waals surface area contributed by atoms with Crippen molar-refractivity contribution < 1.29 is 4.42 Å². The number of para-hydroxylation sites is 1. The van der Waals surface area contributed by atoms with E-state index in [1.165, 1.54) is 4.90 Å². The lowest BCUT2D eigenvalue weighted by atomic mass is 10.2. The van der Waals surface area contributed by atoms with Crippen LogP contribution in [0.25, 0.3) is 23.1 Å². The fourth-order valence-electron chi connectivity index (χ4n) is 1.98. The molecule has 0 N–H and O–H groups in total. The monoisotopic (exact) mass is 295 g/mol. The molecular weight excluding hydrogens is 282 g/mol. The Morgan fingerprint density at radius 3 is 2.57 bits per heavy atom. The summed E-state index contributed by atoms with van der Waals surface area (Å²) >= 11 is 1.70. The average molecular weight is 295 g/mol. The Hall–Kier alpha value is -2.33. The van der Waals surface area contributed by atoms with E-state index in [0.717, 1.165) is 5.56 Å². The smallest absolute Gasteiger partial charge is 0.284 e. The molecule has 3 nitrogen and oxygen atoms in total. The van der Waals surface area contributed by atoms with Crippen LogP contribution in [0.5, 0.6) is 0 Å². The van der Waals surface area contributed by atoms with E-state index >= 15 is 0 Å². The molecule has 0 amide bonds. The van der Waals surface area contributed by atoms with Gasteiger partial charge in [0.05, 0.1) is 5.39 Å². The summed E-state index contributed by atoms with van der Waals surface area (Å²) in [6.45, 7) is 0. The van der Waals surface area contributed by atoms with Crippen LogP contribution < -0.4 is 5.56 Å². The summed E-state index contributed by atoms with van der Waals surface area (Å²) in [5.41, 5.74) is 1.31. The van der Waals surface area contributed by atoms with Crippen LogP contribution in [0.15, 0.2) is 62.6 Å². The van der Waals surface area contributed by atoms with Crippen molar-refractivity contribution in [2.45, 2.75) is 4.90 Å². The molecule has 0 aliphatic heterocycles. The predicted octanol–water partition coefficient (Wildman–Crippen LogP) is 4.08. The van der Waals surface area contributed by atoms with Crippen molar-refractivity contribution in [1.29, 1.82) is 0 Å². The van der Waals surface area contributed by atoms with Gasteiger partial charge >= 0.3 is 0 Å². The number of nitrogens with zero attached hydrogens (tertiary/aromatic N) is 1. The van der Waals surface area contributed by atoms with Crippen molar-refractivity contribution in [2.75, 3.05) is 6.26 Å². The Balaban J connectivity index is 1.93. The molecule has 3 rings (SSSR count). The van der Waals surface area contributed by atoms with Crippen molar-refractivity contribution in [3.8, 4) is 0 Å². The standard InChI is InChI=1S/C17H13NO2S/c1-21-13-9-6-12(7-10-13)8-11-16-18-17(19)14-4-2-3-5-15(14)20-16/h2-11H,1H3/b11-8+. The van der Waals surface area contributed by atoms with Gasteiger partial charge in [0.2, 0.25) is 5.89 Å². The van der Waals surface area contributed by atoms with Crippen molar-refractivity contribution in [3.05, 3.63) is 70.3 Å². The zero-order valence-corrected chi connectivity index (χ0v) is 12.3. The van der Waals surface area contributed by atoms with E-state index < -0.39 is 0 Å². The van der Waals surface area contributed by atoms with Crippen molar-refractivity contribution in [3.63, 3.8) is 0 Å². The molecule has 0 spiro atoms. The van der Waals surface area contributed by atoms with Gasteiger partial charge in [0, 0.05) is 11.0 Å². The Labute approximate surface area is 126 Å². The number of rotatable bonds is 3. The van der Waals surface area contributed by atoms with Gasteiger partial charge in [-0.25, -0.2) is 0 Å². The molecule has 0 fully saturated rings. The summed E-state index contributed by atoms with van der Waals surface area (Å²) in [4.78, 5) is 17.0. The highest BCUT2D eigenvalue weighted by Gasteiger charge is 2.02. The second kappa shape index (κ2) is 5.97. The van der Waals surface area contributed by atoms with Crippen LogP contribution in [0, 0.1) is 0 Å². The quantitative estimate of drug-likeness (QED) is 0.683. The number of aromatic nitrogens is 1. The second-order valence-electron chi connectivity index (χ2n) is 4.46. The maximum atomic E-state index is 11.9. The molecule has 1 aromatic heterocycles. The van der Waals surface area contributed by atoms with E-state index in [1.54, 1.807) is 36.0 Å². The molecule has 104 valence electrons. The first-order valence-corrected chi connectivity index (χ1v) is 7.71. The van der Waals surface area contributed by atoms with Crippen molar-refractivity contribution in [2.24, 2.45) is 0 Å². The summed E-state index contributed by atoms with van der Waals surface area (Å²) in [5.74, 6) is 0.313. The first-order chi connectivity index (χ1) is 10.3. The first-order valence-electron chi connectivity index (χ1n) is 6.48. The molecule has 4 heteroatoms. The van der Waals surface area contributed by atoms with Crippen LogP contribution in [-0.4, -0.2) is 11.2 Å². The van der Waals surface area contributed by atoms with E-state index in [1.807, 2.05) is 42.7 Å². The molecule has 2 aromatic carbocycles. The Bertz CT molecular complexity index is 851. The highest BCUT2D eigenvalue weighted by molar-refractivity contribution is 7.98. The largest absolute Gasteiger partial charge is 0.438 e. The number of hydrogen-bond donors (Lipinski definition) is 0. The highest BCUT2D eigenvalue weighted by atomic mass is 32.2. The molecule has 3 aromatic rings.